The molecule has 0 saturated carbocycles. The molecule has 1 aromatic carbocycles. The first-order chi connectivity index (χ1) is 9.97. The van der Waals surface area contributed by atoms with Crippen LogP contribution in [0.5, 0.6) is 0 Å². The van der Waals surface area contributed by atoms with Crippen LogP contribution in [-0.2, 0) is 4.79 Å². The molecule has 0 bridgehead atoms. The zero-order valence-corrected chi connectivity index (χ0v) is 14.6. The van der Waals surface area contributed by atoms with Gasteiger partial charge in [-0.1, -0.05) is 23.7 Å². The third-order valence-electron chi connectivity index (χ3n) is 4.39. The number of nitrogens with zero attached hydrogens (tertiary/aromatic N) is 2. The lowest BCUT2D eigenvalue weighted by atomic mass is 9.99. The molecule has 1 heterocycles. The molecule has 1 unspecified atom stereocenters. The number of likely N-dealkylation sites (tertiary alicyclic amines) is 1. The Kier molecular flexibility index (Phi) is 7.63. The quantitative estimate of drug-likeness (QED) is 0.888. The summed E-state index contributed by atoms with van der Waals surface area (Å²) >= 11 is 6.06. The monoisotopic (exact) mass is 346 g/mol. The van der Waals surface area contributed by atoms with Crippen molar-refractivity contribution in [2.75, 3.05) is 26.7 Å². The molecule has 0 aromatic heterocycles. The fraction of sp³-hybridized carbons (Fsp3) is 0.562. The van der Waals surface area contributed by atoms with Crippen LogP contribution in [0.3, 0.4) is 0 Å². The fourth-order valence-electron chi connectivity index (χ4n) is 3.03. The van der Waals surface area contributed by atoms with Crippen molar-refractivity contribution in [3.8, 4) is 0 Å². The summed E-state index contributed by atoms with van der Waals surface area (Å²) in [4.78, 5) is 15.2. The lowest BCUT2D eigenvalue weighted by molar-refractivity contribution is -0.138. The maximum atomic E-state index is 10.8. The molecule has 0 spiro atoms. The number of rotatable bonds is 5. The summed E-state index contributed by atoms with van der Waals surface area (Å²) in [6.07, 6.45) is 2.02. The molecule has 1 aliphatic heterocycles. The highest BCUT2D eigenvalue weighted by atomic mass is 35.5. The predicted molar refractivity (Wildman–Crippen MR) is 92.0 cm³/mol. The van der Waals surface area contributed by atoms with Gasteiger partial charge in [0, 0.05) is 30.2 Å². The van der Waals surface area contributed by atoms with Crippen LogP contribution >= 0.6 is 24.0 Å². The maximum absolute atomic E-state index is 10.8. The second kappa shape index (κ2) is 8.73. The third kappa shape index (κ3) is 5.13. The van der Waals surface area contributed by atoms with E-state index in [0.29, 0.717) is 12.1 Å². The van der Waals surface area contributed by atoms with Crippen LogP contribution in [0.1, 0.15) is 31.4 Å². The van der Waals surface area contributed by atoms with E-state index >= 15 is 0 Å². The normalized spacial score (nSPS) is 18.0. The Morgan fingerprint density at radius 2 is 2.09 bits per heavy atom. The predicted octanol–water partition coefficient (Wildman–Crippen LogP) is 3.30. The van der Waals surface area contributed by atoms with Crippen molar-refractivity contribution in [1.82, 2.24) is 9.80 Å². The molecule has 124 valence electrons. The highest BCUT2D eigenvalue weighted by Crippen LogP contribution is 2.27. The first kappa shape index (κ1) is 19.2. The summed E-state index contributed by atoms with van der Waals surface area (Å²) in [5.41, 5.74) is 1.24. The lowest BCUT2D eigenvalue weighted by Gasteiger charge is -2.39. The number of carboxylic acids is 1. The molecule has 1 saturated heterocycles. The van der Waals surface area contributed by atoms with E-state index in [9.17, 15) is 4.79 Å². The summed E-state index contributed by atoms with van der Waals surface area (Å²) < 4.78 is 0. The molecule has 0 radical (unpaired) electrons. The van der Waals surface area contributed by atoms with Crippen LogP contribution in [0.2, 0.25) is 5.02 Å². The Morgan fingerprint density at radius 3 is 2.64 bits per heavy atom. The molecule has 1 atom stereocenters. The summed E-state index contributed by atoms with van der Waals surface area (Å²) in [6.45, 7) is 4.30. The number of aliphatic carboxylic acids is 1. The van der Waals surface area contributed by atoms with E-state index in [1.54, 1.807) is 0 Å². The van der Waals surface area contributed by atoms with Crippen LogP contribution in [0.15, 0.2) is 24.3 Å². The van der Waals surface area contributed by atoms with Gasteiger partial charge in [0.05, 0.1) is 6.54 Å². The van der Waals surface area contributed by atoms with Gasteiger partial charge in [-0.2, -0.15) is 0 Å². The van der Waals surface area contributed by atoms with Crippen LogP contribution in [0.4, 0.5) is 0 Å². The minimum Gasteiger partial charge on any atom is -0.480 e. The first-order valence-corrected chi connectivity index (χ1v) is 7.76. The Morgan fingerprint density at radius 1 is 1.45 bits per heavy atom. The number of hydrogen-bond acceptors (Lipinski definition) is 3. The minimum atomic E-state index is -0.757. The van der Waals surface area contributed by atoms with Gasteiger partial charge in [-0.25, -0.2) is 0 Å². The molecular weight excluding hydrogens is 323 g/mol. The number of carbonyl (C=O) groups is 1. The van der Waals surface area contributed by atoms with E-state index in [4.69, 9.17) is 16.7 Å². The van der Waals surface area contributed by atoms with E-state index < -0.39 is 5.97 Å². The van der Waals surface area contributed by atoms with Crippen molar-refractivity contribution >= 4 is 30.0 Å². The van der Waals surface area contributed by atoms with E-state index in [2.05, 4.69) is 17.9 Å². The summed E-state index contributed by atoms with van der Waals surface area (Å²) in [6, 6.07) is 8.72. The van der Waals surface area contributed by atoms with Crippen molar-refractivity contribution in [2.24, 2.45) is 0 Å². The number of hydrogen-bond donors (Lipinski definition) is 1. The number of halogens is 2. The van der Waals surface area contributed by atoms with Crippen molar-refractivity contribution in [3.05, 3.63) is 34.9 Å². The number of carboxylic acid groups (broad SMARTS) is 1. The van der Waals surface area contributed by atoms with Crippen LogP contribution in [-0.4, -0.2) is 53.6 Å². The largest absolute Gasteiger partial charge is 0.480 e. The highest BCUT2D eigenvalue weighted by Gasteiger charge is 2.26. The van der Waals surface area contributed by atoms with Gasteiger partial charge < -0.3 is 5.11 Å². The molecule has 1 fully saturated rings. The van der Waals surface area contributed by atoms with Gasteiger partial charge in [0.25, 0.3) is 0 Å². The number of benzene rings is 1. The van der Waals surface area contributed by atoms with E-state index in [1.165, 1.54) is 5.56 Å². The molecule has 4 nitrogen and oxygen atoms in total. The first-order valence-electron chi connectivity index (χ1n) is 7.39. The van der Waals surface area contributed by atoms with Crippen molar-refractivity contribution in [1.29, 1.82) is 0 Å². The van der Waals surface area contributed by atoms with Gasteiger partial charge in [0.2, 0.25) is 0 Å². The topological polar surface area (TPSA) is 43.8 Å². The molecular formula is C16H24Cl2N2O2. The van der Waals surface area contributed by atoms with Gasteiger partial charge >= 0.3 is 5.97 Å². The average Bonchev–Trinajstić information content (AvgIpc) is 2.46. The van der Waals surface area contributed by atoms with Gasteiger partial charge in [-0.3, -0.25) is 14.6 Å². The molecule has 22 heavy (non-hydrogen) atoms. The average molecular weight is 347 g/mol. The summed E-state index contributed by atoms with van der Waals surface area (Å²) in [5.74, 6) is -0.757. The smallest absolute Gasteiger partial charge is 0.317 e. The van der Waals surface area contributed by atoms with Gasteiger partial charge in [0.15, 0.2) is 0 Å². The molecule has 1 N–H and O–H groups in total. The maximum Gasteiger partial charge on any atom is 0.317 e. The van der Waals surface area contributed by atoms with Gasteiger partial charge in [-0.05, 0) is 44.5 Å². The molecule has 0 amide bonds. The lowest BCUT2D eigenvalue weighted by Crippen LogP contribution is -2.45. The Hall–Kier alpha value is -0.810. The zero-order valence-electron chi connectivity index (χ0n) is 13.0. The second-order valence-electron chi connectivity index (χ2n) is 5.81. The van der Waals surface area contributed by atoms with Crippen molar-refractivity contribution in [3.63, 3.8) is 0 Å². The molecule has 6 heteroatoms. The SMILES string of the molecule is CC(c1cccc(Cl)c1)N1CCC(N(C)CC(=O)O)CC1.Cl. The Labute approximate surface area is 143 Å². The standard InChI is InChI=1S/C16H23ClN2O2.ClH/c1-12(13-4-3-5-14(17)10-13)19-8-6-15(7-9-19)18(2)11-16(20)21;/h3-5,10,12,15H,6-9,11H2,1-2H3,(H,20,21);1H. The fourth-order valence-corrected chi connectivity index (χ4v) is 3.23. The summed E-state index contributed by atoms with van der Waals surface area (Å²) in [5, 5.41) is 9.64. The van der Waals surface area contributed by atoms with E-state index in [-0.39, 0.29) is 19.0 Å². The van der Waals surface area contributed by atoms with Gasteiger partial charge in [0.1, 0.15) is 0 Å². The molecule has 2 rings (SSSR count). The Balaban J connectivity index is 0.00000242. The van der Waals surface area contributed by atoms with Crippen molar-refractivity contribution < 1.29 is 9.90 Å². The summed E-state index contributed by atoms with van der Waals surface area (Å²) in [7, 11) is 1.90. The van der Waals surface area contributed by atoms with Gasteiger partial charge in [-0.15, -0.1) is 12.4 Å². The molecule has 1 aliphatic rings. The number of piperidine rings is 1. The van der Waals surface area contributed by atoms with Crippen LogP contribution in [0, 0.1) is 0 Å². The Bertz CT molecular complexity index is 491. The van der Waals surface area contributed by atoms with Crippen LogP contribution < -0.4 is 0 Å². The number of likely N-dealkylation sites (N-methyl/N-ethyl adjacent to an activating group) is 1. The zero-order chi connectivity index (χ0) is 15.4. The third-order valence-corrected chi connectivity index (χ3v) is 4.62. The van der Waals surface area contributed by atoms with Crippen LogP contribution in [0.25, 0.3) is 0 Å². The second-order valence-corrected chi connectivity index (χ2v) is 6.24. The van der Waals surface area contributed by atoms with E-state index in [0.717, 1.165) is 31.0 Å². The molecule has 1 aromatic rings. The molecule has 0 aliphatic carbocycles. The highest BCUT2D eigenvalue weighted by molar-refractivity contribution is 6.30. The van der Waals surface area contributed by atoms with Crippen molar-refractivity contribution in [2.45, 2.75) is 31.8 Å². The van der Waals surface area contributed by atoms with E-state index in [1.807, 2.05) is 30.1 Å². The minimum absolute atomic E-state index is 0.